The molecule has 0 aliphatic carbocycles. The van der Waals surface area contributed by atoms with Crippen LogP contribution < -0.4 is 21.3 Å². The van der Waals surface area contributed by atoms with Crippen LogP contribution in [0.25, 0.3) is 23.1 Å². The van der Waals surface area contributed by atoms with Crippen molar-refractivity contribution >= 4 is 82.3 Å². The molecule has 0 fully saturated rings. The van der Waals surface area contributed by atoms with Gasteiger partial charge in [0.15, 0.2) is 11.4 Å². The number of nitrogens with one attached hydrogen (secondary N) is 4. The van der Waals surface area contributed by atoms with Crippen LogP contribution in [0.15, 0.2) is 61.7 Å². The van der Waals surface area contributed by atoms with Gasteiger partial charge in [0, 0.05) is 39.1 Å². The molecule has 0 radical (unpaired) electrons. The fourth-order valence-corrected chi connectivity index (χ4v) is 9.09. The van der Waals surface area contributed by atoms with Crippen molar-refractivity contribution < 1.29 is 67.6 Å². The summed E-state index contributed by atoms with van der Waals surface area (Å²) >= 11 is 0. The Morgan fingerprint density at radius 3 is 1.49 bits per heavy atom. The minimum Gasteiger partial charge on any atom is -0.505 e. The number of aromatic hydroxyl groups is 2. The molecule has 6 unspecified atom stereocenters. The molecule has 3 aromatic rings. The van der Waals surface area contributed by atoms with E-state index in [9.17, 15) is 58.2 Å². The number of rotatable bonds is 8. The zero-order valence-corrected chi connectivity index (χ0v) is 45.3. The first-order valence-electron chi connectivity index (χ1n) is 25.1. The Morgan fingerprint density at radius 1 is 0.641 bits per heavy atom. The van der Waals surface area contributed by atoms with Crippen LogP contribution in [0.2, 0.25) is 0 Å². The molecule has 4 heterocycles. The van der Waals surface area contributed by atoms with Crippen LogP contribution >= 0.6 is 0 Å². The molecule has 2 aromatic heterocycles. The molecule has 78 heavy (non-hydrogen) atoms. The van der Waals surface area contributed by atoms with Crippen LogP contribution in [-0.4, -0.2) is 189 Å². The van der Waals surface area contributed by atoms with Crippen LogP contribution in [0.3, 0.4) is 0 Å². The molecule has 8 atom stereocenters. The molecule has 8 amide bonds. The van der Waals surface area contributed by atoms with Gasteiger partial charge in [-0.2, -0.15) is 0 Å². The lowest BCUT2D eigenvalue weighted by Crippen LogP contribution is -2.60. The van der Waals surface area contributed by atoms with Gasteiger partial charge in [-0.3, -0.25) is 38.4 Å². The highest BCUT2D eigenvalue weighted by Gasteiger charge is 2.42. The third-order valence-corrected chi connectivity index (χ3v) is 13.5. The van der Waals surface area contributed by atoms with Crippen molar-refractivity contribution in [1.82, 2.24) is 50.8 Å². The summed E-state index contributed by atoms with van der Waals surface area (Å²) < 4.78 is 11.4. The second-order valence-corrected chi connectivity index (χ2v) is 19.7. The molecule has 0 saturated heterocycles. The van der Waals surface area contributed by atoms with Crippen molar-refractivity contribution in [2.24, 2.45) is 11.8 Å². The molecule has 0 saturated carbocycles. The summed E-state index contributed by atoms with van der Waals surface area (Å²) in [5.74, 6) is -12.2. The van der Waals surface area contributed by atoms with Crippen molar-refractivity contribution in [2.75, 3.05) is 41.4 Å². The number of ether oxygens (including phenoxy) is 2. The Balaban J connectivity index is 1.61. The van der Waals surface area contributed by atoms with Gasteiger partial charge < -0.3 is 60.6 Å². The van der Waals surface area contributed by atoms with Crippen molar-refractivity contribution in [2.45, 2.75) is 103 Å². The van der Waals surface area contributed by atoms with Crippen molar-refractivity contribution in [1.29, 1.82) is 0 Å². The zero-order valence-electron chi connectivity index (χ0n) is 45.3. The van der Waals surface area contributed by atoms with Gasteiger partial charge in [-0.05, 0) is 62.8 Å². The largest absolute Gasteiger partial charge is 0.505 e. The molecule has 0 spiro atoms. The Labute approximate surface area is 451 Å². The molecule has 2 bridgehead atoms. The summed E-state index contributed by atoms with van der Waals surface area (Å²) in [5, 5.41) is 32.0. The minimum atomic E-state index is -1.78. The number of carbonyl (C=O) groups is 10. The maximum absolute atomic E-state index is 14.8. The lowest BCUT2D eigenvalue weighted by molar-refractivity contribution is -0.160. The summed E-state index contributed by atoms with van der Waals surface area (Å²) in [7, 11) is 5.15. The first-order chi connectivity index (χ1) is 36.7. The van der Waals surface area contributed by atoms with Gasteiger partial charge in [0.25, 0.3) is 11.8 Å². The molecule has 6 N–H and O–H groups in total. The number of benzene rings is 1. The van der Waals surface area contributed by atoms with Crippen molar-refractivity contribution in [3.8, 4) is 11.5 Å². The number of hydrogen-bond acceptors (Lipinski definition) is 16. The van der Waals surface area contributed by atoms with Crippen LogP contribution in [-0.2, 0) is 47.8 Å². The van der Waals surface area contributed by atoms with Gasteiger partial charge in [-0.15, -0.1) is 0 Å². The van der Waals surface area contributed by atoms with Crippen molar-refractivity contribution in [3.05, 3.63) is 84.4 Å². The monoisotopic (exact) mass is 1080 g/mol. The Hall–Kier alpha value is -8.70. The predicted octanol–water partition coefficient (Wildman–Crippen LogP) is 1.30. The second-order valence-electron chi connectivity index (χ2n) is 19.7. The van der Waals surface area contributed by atoms with Gasteiger partial charge in [0.1, 0.15) is 73.0 Å². The van der Waals surface area contributed by atoms with Gasteiger partial charge in [-0.1, -0.05) is 77.3 Å². The summed E-state index contributed by atoms with van der Waals surface area (Å²) in [6.45, 7) is 14.6. The first-order valence-corrected chi connectivity index (χ1v) is 25.1. The normalized spacial score (nSPS) is 24.5. The van der Waals surface area contributed by atoms with E-state index < -0.39 is 155 Å². The number of hydrogen-bond donors (Lipinski definition) is 6. The fourth-order valence-electron chi connectivity index (χ4n) is 9.09. The number of pyridine rings is 2. The van der Waals surface area contributed by atoms with E-state index in [2.05, 4.69) is 44.4 Å². The van der Waals surface area contributed by atoms with Crippen LogP contribution in [0.4, 0.5) is 0 Å². The van der Waals surface area contributed by atoms with E-state index >= 15 is 0 Å². The highest BCUT2D eigenvalue weighted by atomic mass is 16.5. The van der Waals surface area contributed by atoms with Gasteiger partial charge in [0.05, 0.1) is 11.2 Å². The van der Waals surface area contributed by atoms with Crippen LogP contribution in [0, 0.1) is 11.8 Å². The number of para-hydroxylation sites is 1. The molecule has 5 rings (SSSR count). The predicted molar refractivity (Wildman–Crippen MR) is 283 cm³/mol. The number of carbonyl (C=O) groups excluding carboxylic acids is 10. The summed E-state index contributed by atoms with van der Waals surface area (Å²) in [6, 6.07) is -3.00. The maximum Gasteiger partial charge on any atom is 0.329 e. The Bertz CT molecular complexity index is 2910. The molecule has 24 heteroatoms. The third-order valence-electron chi connectivity index (χ3n) is 13.5. The average Bonchev–Trinajstić information content (AvgIpc) is 3.41. The van der Waals surface area contributed by atoms with Crippen LogP contribution in [0.1, 0.15) is 86.6 Å². The number of amides is 8. The number of aromatic nitrogens is 2. The van der Waals surface area contributed by atoms with E-state index in [0.29, 0.717) is 16.5 Å². The molecule has 2 aliphatic heterocycles. The maximum atomic E-state index is 14.8. The van der Waals surface area contributed by atoms with E-state index in [1.807, 2.05) is 0 Å². The van der Waals surface area contributed by atoms with Crippen LogP contribution in [0.5, 0.6) is 11.5 Å². The third kappa shape index (κ3) is 13.6. The molecular weight excluding hydrogens is 1010 g/mol. The topological polar surface area (TPSA) is 316 Å². The van der Waals surface area contributed by atoms with E-state index in [-0.39, 0.29) is 18.5 Å². The molecule has 24 nitrogen and oxygen atoms in total. The summed E-state index contributed by atoms with van der Waals surface area (Å²) in [6.07, 6.45) is 5.13. The Morgan fingerprint density at radius 2 is 1.06 bits per heavy atom. The highest BCUT2D eigenvalue weighted by molar-refractivity contribution is 6.02. The summed E-state index contributed by atoms with van der Waals surface area (Å²) in [4.78, 5) is 155. The minimum absolute atomic E-state index is 0.158. The number of likely N-dealkylation sites (N-methyl/N-ethyl adjacent to an activating group) is 4. The number of fused-ring (bicyclic) bond motifs is 5. The summed E-state index contributed by atoms with van der Waals surface area (Å²) in [5.41, 5.74) is -0.206. The lowest BCUT2D eigenvalue weighted by atomic mass is 9.99. The molecule has 1 aromatic carbocycles. The van der Waals surface area contributed by atoms with Gasteiger partial charge >= 0.3 is 11.9 Å². The van der Waals surface area contributed by atoms with E-state index in [1.54, 1.807) is 52.0 Å². The lowest BCUT2D eigenvalue weighted by Gasteiger charge is -2.37. The molecule has 2 aliphatic rings. The van der Waals surface area contributed by atoms with E-state index in [1.165, 1.54) is 78.5 Å². The Kier molecular flexibility index (Phi) is 20.0. The number of cyclic esters (lactones) is 2. The zero-order chi connectivity index (χ0) is 58.0. The standard InChI is InChI=1S/C54H68N10O14/c1-13-31-23-39(65)41(57-33(31)14-2)47(69)59-35-25-77-53(75)43(27(3)4)63(11)51(73)38-22-18-17-21-37(61(9)49(71)29(7)55-45(35)67)52(74)64(12)44(28(5)6)54(76)78-26-36(46(68)56-30(8)50(72)62(38)10)60-48(70)42-40(66)24-32-19-15-16-20-34(32)58-42/h13-20,23-24,27-30,35-38,43-44,65-66H,1-2,21-22,25-26H2,3-12H3,(H,55,67)(H,56,68)(H,59,69)(H,60,70)/b18-17+/t29?,30?,35?,36?,37-,38-,43?,44?/m0/s1. The number of nitrogens with zero attached hydrogens (tertiary/aromatic N) is 6. The number of esters is 2. The quantitative estimate of drug-likeness (QED) is 0.137. The van der Waals surface area contributed by atoms with Crippen molar-refractivity contribution in [3.63, 3.8) is 0 Å². The molecular formula is C54H68N10O14. The van der Waals surface area contributed by atoms with Gasteiger partial charge in [-0.25, -0.2) is 19.6 Å². The first kappa shape index (κ1) is 60.2. The van der Waals surface area contributed by atoms with Gasteiger partial charge in [0.2, 0.25) is 35.4 Å². The SMILES string of the molecule is C=Cc1cc(O)c(C(=O)NC2COC(=O)C(C(C)C)N(C)C(=O)[C@@H]3C/C=C/C[C@@H](C(=O)N(C)C(C(C)C)C(=O)OCC(NC(=O)c4nc5ccccc5cc4O)C(=O)NC(C)C(=O)N3C)N(C)C(=O)C(C)NC2=O)nc1C=C. The fraction of sp³-hybridized carbons (Fsp3) is 0.444. The van der Waals surface area contributed by atoms with E-state index in [0.717, 1.165) is 19.6 Å². The highest BCUT2D eigenvalue weighted by Crippen LogP contribution is 2.25. The van der Waals surface area contributed by atoms with E-state index in [4.69, 9.17) is 9.47 Å². The average molecular weight is 1080 g/mol. The smallest absolute Gasteiger partial charge is 0.329 e. The second kappa shape index (κ2) is 25.9. The molecule has 418 valence electrons.